The van der Waals surface area contributed by atoms with Crippen molar-refractivity contribution in [1.29, 1.82) is 0 Å². The Labute approximate surface area is 95.0 Å². The molecule has 88 valence electrons. The number of benzene rings is 1. The average Bonchev–Trinajstić information content (AvgIpc) is 2.23. The molecule has 0 aliphatic carbocycles. The number of anilines is 1. The molecule has 0 aromatic heterocycles. The van der Waals surface area contributed by atoms with Gasteiger partial charge in [0.2, 0.25) is 0 Å². The molecule has 0 saturated heterocycles. The summed E-state index contributed by atoms with van der Waals surface area (Å²) in [6.07, 6.45) is 0.288. The van der Waals surface area contributed by atoms with E-state index in [1.165, 1.54) is 0 Å². The molecule has 4 nitrogen and oxygen atoms in total. The number of aryl methyl sites for hydroxylation is 1. The molecule has 1 aromatic carbocycles. The van der Waals surface area contributed by atoms with Gasteiger partial charge in [-0.05, 0) is 31.0 Å². The molecule has 0 radical (unpaired) electrons. The van der Waals surface area contributed by atoms with Crippen LogP contribution in [-0.4, -0.2) is 23.8 Å². The van der Waals surface area contributed by atoms with E-state index in [9.17, 15) is 4.79 Å². The molecular weight excluding hydrogens is 206 g/mol. The van der Waals surface area contributed by atoms with E-state index in [0.29, 0.717) is 18.5 Å². The number of aliphatic hydroxyl groups excluding tert-OH is 1. The molecule has 1 aromatic rings. The van der Waals surface area contributed by atoms with Gasteiger partial charge in [0.1, 0.15) is 6.61 Å². The fourth-order valence-electron chi connectivity index (χ4n) is 1.28. The lowest BCUT2D eigenvalue weighted by atomic mass is 10.1. The van der Waals surface area contributed by atoms with E-state index in [0.717, 1.165) is 5.56 Å². The van der Waals surface area contributed by atoms with Crippen molar-refractivity contribution in [3.05, 3.63) is 29.8 Å². The molecule has 0 aliphatic heterocycles. The largest absolute Gasteiger partial charge is 0.463 e. The van der Waals surface area contributed by atoms with E-state index >= 15 is 0 Å². The predicted molar refractivity (Wildman–Crippen MR) is 61.8 cm³/mol. The molecule has 0 aliphatic rings. The SMILES string of the molecule is CC(O)COC(=O)CCc1cccc(N)c1. The van der Waals surface area contributed by atoms with E-state index in [-0.39, 0.29) is 12.6 Å². The van der Waals surface area contributed by atoms with Gasteiger partial charge in [0.05, 0.1) is 6.10 Å². The highest BCUT2D eigenvalue weighted by molar-refractivity contribution is 5.69. The van der Waals surface area contributed by atoms with Gasteiger partial charge in [-0.15, -0.1) is 0 Å². The zero-order valence-corrected chi connectivity index (χ0v) is 9.35. The van der Waals surface area contributed by atoms with Gasteiger partial charge in [-0.25, -0.2) is 0 Å². The summed E-state index contributed by atoms with van der Waals surface area (Å²) in [5.41, 5.74) is 7.31. The molecule has 4 heteroatoms. The van der Waals surface area contributed by atoms with E-state index in [4.69, 9.17) is 15.6 Å². The van der Waals surface area contributed by atoms with Crippen LogP contribution in [0.25, 0.3) is 0 Å². The zero-order chi connectivity index (χ0) is 12.0. The Balaban J connectivity index is 2.31. The maximum atomic E-state index is 11.2. The van der Waals surface area contributed by atoms with Crippen molar-refractivity contribution in [2.24, 2.45) is 0 Å². The van der Waals surface area contributed by atoms with Gasteiger partial charge in [0.25, 0.3) is 0 Å². The van der Waals surface area contributed by atoms with Crippen molar-refractivity contribution in [2.75, 3.05) is 12.3 Å². The van der Waals surface area contributed by atoms with Gasteiger partial charge in [-0.2, -0.15) is 0 Å². The van der Waals surface area contributed by atoms with Gasteiger partial charge < -0.3 is 15.6 Å². The molecule has 1 unspecified atom stereocenters. The Hall–Kier alpha value is -1.55. The minimum atomic E-state index is -0.615. The van der Waals surface area contributed by atoms with Crippen LogP contribution in [0.2, 0.25) is 0 Å². The topological polar surface area (TPSA) is 72.5 Å². The fraction of sp³-hybridized carbons (Fsp3) is 0.417. The van der Waals surface area contributed by atoms with Gasteiger partial charge in [-0.3, -0.25) is 4.79 Å². The number of hydrogen-bond acceptors (Lipinski definition) is 4. The molecule has 0 fully saturated rings. The maximum absolute atomic E-state index is 11.2. The summed E-state index contributed by atoms with van der Waals surface area (Å²) in [6, 6.07) is 7.40. The summed E-state index contributed by atoms with van der Waals surface area (Å²) in [6.45, 7) is 1.63. The lowest BCUT2D eigenvalue weighted by Gasteiger charge is -2.06. The third kappa shape index (κ3) is 4.79. The molecule has 1 atom stereocenters. The second kappa shape index (κ2) is 6.12. The first-order valence-corrected chi connectivity index (χ1v) is 5.26. The van der Waals surface area contributed by atoms with Crippen molar-refractivity contribution in [3.63, 3.8) is 0 Å². The van der Waals surface area contributed by atoms with Crippen molar-refractivity contribution < 1.29 is 14.6 Å². The summed E-state index contributed by atoms with van der Waals surface area (Å²) in [4.78, 5) is 11.2. The second-order valence-electron chi connectivity index (χ2n) is 3.78. The Kier molecular flexibility index (Phi) is 4.79. The summed E-state index contributed by atoms with van der Waals surface area (Å²) in [5.74, 6) is -0.302. The Bertz CT molecular complexity index is 350. The quantitative estimate of drug-likeness (QED) is 0.579. The summed E-state index contributed by atoms with van der Waals surface area (Å²) in [7, 11) is 0. The molecule has 0 saturated carbocycles. The monoisotopic (exact) mass is 223 g/mol. The summed E-state index contributed by atoms with van der Waals surface area (Å²) < 4.78 is 4.84. The van der Waals surface area contributed by atoms with E-state index in [1.54, 1.807) is 13.0 Å². The van der Waals surface area contributed by atoms with Crippen molar-refractivity contribution in [1.82, 2.24) is 0 Å². The molecular formula is C12H17NO3. The molecule has 0 bridgehead atoms. The van der Waals surface area contributed by atoms with Crippen molar-refractivity contribution >= 4 is 11.7 Å². The molecule has 1 rings (SSSR count). The van der Waals surface area contributed by atoms with E-state index < -0.39 is 6.10 Å². The van der Waals surface area contributed by atoms with Crippen LogP contribution in [0.5, 0.6) is 0 Å². The van der Waals surface area contributed by atoms with Crippen LogP contribution >= 0.6 is 0 Å². The molecule has 0 heterocycles. The highest BCUT2D eigenvalue weighted by atomic mass is 16.5. The number of rotatable bonds is 5. The van der Waals surface area contributed by atoms with Crippen LogP contribution in [0, 0.1) is 0 Å². The lowest BCUT2D eigenvalue weighted by molar-refractivity contribution is -0.146. The first-order valence-electron chi connectivity index (χ1n) is 5.26. The Morgan fingerprint density at radius 1 is 1.56 bits per heavy atom. The smallest absolute Gasteiger partial charge is 0.306 e. The highest BCUT2D eigenvalue weighted by Gasteiger charge is 2.05. The van der Waals surface area contributed by atoms with Gasteiger partial charge >= 0.3 is 5.97 Å². The van der Waals surface area contributed by atoms with Crippen LogP contribution < -0.4 is 5.73 Å². The van der Waals surface area contributed by atoms with Gasteiger partial charge in [0, 0.05) is 12.1 Å². The number of hydrogen-bond donors (Lipinski definition) is 2. The third-order valence-electron chi connectivity index (χ3n) is 2.05. The lowest BCUT2D eigenvalue weighted by Crippen LogP contribution is -2.15. The average molecular weight is 223 g/mol. The van der Waals surface area contributed by atoms with Crippen LogP contribution in [0.15, 0.2) is 24.3 Å². The maximum Gasteiger partial charge on any atom is 0.306 e. The number of nitrogens with two attached hydrogens (primary N) is 1. The molecule has 0 spiro atoms. The second-order valence-corrected chi connectivity index (χ2v) is 3.78. The van der Waals surface area contributed by atoms with Crippen molar-refractivity contribution in [3.8, 4) is 0 Å². The zero-order valence-electron chi connectivity index (χ0n) is 9.35. The number of nitrogen functional groups attached to an aromatic ring is 1. The van der Waals surface area contributed by atoms with Crippen LogP contribution in [0.1, 0.15) is 18.9 Å². The normalized spacial score (nSPS) is 12.1. The number of aliphatic hydroxyl groups is 1. The Morgan fingerprint density at radius 2 is 2.31 bits per heavy atom. The van der Waals surface area contributed by atoms with Gasteiger partial charge in [-0.1, -0.05) is 12.1 Å². The molecule has 16 heavy (non-hydrogen) atoms. The van der Waals surface area contributed by atoms with E-state index in [1.807, 2.05) is 18.2 Å². The molecule has 3 N–H and O–H groups in total. The number of ether oxygens (including phenoxy) is 1. The highest BCUT2D eigenvalue weighted by Crippen LogP contribution is 2.09. The number of carbonyl (C=O) groups is 1. The number of carbonyl (C=O) groups excluding carboxylic acids is 1. The minimum Gasteiger partial charge on any atom is -0.463 e. The summed E-state index contributed by atoms with van der Waals surface area (Å²) >= 11 is 0. The summed E-state index contributed by atoms with van der Waals surface area (Å²) in [5, 5.41) is 8.93. The first-order chi connectivity index (χ1) is 7.58. The standard InChI is InChI=1S/C12H17NO3/c1-9(14)8-16-12(15)6-5-10-3-2-4-11(13)7-10/h2-4,7,9,14H,5-6,8,13H2,1H3. The fourth-order valence-corrected chi connectivity index (χ4v) is 1.28. The number of esters is 1. The Morgan fingerprint density at radius 3 is 2.94 bits per heavy atom. The molecule has 0 amide bonds. The van der Waals surface area contributed by atoms with Gasteiger partial charge in [0.15, 0.2) is 0 Å². The minimum absolute atomic E-state index is 0.0514. The first kappa shape index (κ1) is 12.5. The van der Waals surface area contributed by atoms with Crippen LogP contribution in [-0.2, 0) is 16.0 Å². The van der Waals surface area contributed by atoms with Crippen molar-refractivity contribution in [2.45, 2.75) is 25.9 Å². The van der Waals surface area contributed by atoms with E-state index in [2.05, 4.69) is 0 Å². The van der Waals surface area contributed by atoms with Crippen LogP contribution in [0.4, 0.5) is 5.69 Å². The predicted octanol–water partition coefficient (Wildman–Crippen LogP) is 1.13. The van der Waals surface area contributed by atoms with Crippen LogP contribution in [0.3, 0.4) is 0 Å². The third-order valence-corrected chi connectivity index (χ3v) is 2.05.